The summed E-state index contributed by atoms with van der Waals surface area (Å²) in [6.07, 6.45) is 1.10. The first-order valence-electron chi connectivity index (χ1n) is 11.4. The second-order valence-corrected chi connectivity index (χ2v) is 11.6. The number of hydrogen-bond donors (Lipinski definition) is 0. The largest absolute Gasteiger partial charge is 0.467 e. The topological polar surface area (TPSA) is 93.0 Å². The lowest BCUT2D eigenvalue weighted by molar-refractivity contribution is -0.0440. The zero-order valence-corrected chi connectivity index (χ0v) is 21.3. The van der Waals surface area contributed by atoms with E-state index < -0.39 is 10.0 Å². The monoisotopic (exact) mass is 529 g/mol. The minimum Gasteiger partial charge on any atom is -0.467 e. The number of fused-ring (bicyclic) bond motifs is 1. The fourth-order valence-electron chi connectivity index (χ4n) is 4.19. The van der Waals surface area contributed by atoms with E-state index in [1.54, 1.807) is 18.2 Å². The maximum atomic E-state index is 13.7. The number of thiazole rings is 1. The smallest absolute Gasteiger partial charge is 0.260 e. The standard InChI is InChI=1S/C25H24FN3O5S2/c1-16-13-28(14-17(2)34-16)36(31,32)21-8-5-18(6-9-21)24(30)29(15-20-4-3-11-33-20)25-27-22-10-7-19(26)12-23(22)35-25/h3-12,16-17H,13-15H2,1-2H3. The normalized spacial score (nSPS) is 19.0. The Morgan fingerprint density at radius 1 is 1.14 bits per heavy atom. The number of aromatic nitrogens is 1. The van der Waals surface area contributed by atoms with Gasteiger partial charge in [-0.25, -0.2) is 17.8 Å². The quantitative estimate of drug-likeness (QED) is 0.360. The van der Waals surface area contributed by atoms with Crippen LogP contribution >= 0.6 is 11.3 Å². The lowest BCUT2D eigenvalue weighted by Crippen LogP contribution is -2.48. The number of ether oxygens (including phenoxy) is 1. The Morgan fingerprint density at radius 3 is 2.53 bits per heavy atom. The molecule has 2 aromatic carbocycles. The van der Waals surface area contributed by atoms with E-state index in [4.69, 9.17) is 9.15 Å². The lowest BCUT2D eigenvalue weighted by Gasteiger charge is -2.34. The van der Waals surface area contributed by atoms with Crippen LogP contribution in [0, 0.1) is 5.82 Å². The van der Waals surface area contributed by atoms with Crippen LogP contribution in [-0.2, 0) is 21.3 Å². The second kappa shape index (κ2) is 9.74. The van der Waals surface area contributed by atoms with Gasteiger partial charge >= 0.3 is 0 Å². The zero-order valence-electron chi connectivity index (χ0n) is 19.6. The first-order valence-corrected chi connectivity index (χ1v) is 13.6. The highest BCUT2D eigenvalue weighted by Crippen LogP contribution is 2.32. The summed E-state index contributed by atoms with van der Waals surface area (Å²) in [5.74, 6) is -0.227. The van der Waals surface area contributed by atoms with Crippen molar-refractivity contribution in [3.63, 3.8) is 0 Å². The summed E-state index contributed by atoms with van der Waals surface area (Å²) in [6, 6.07) is 13.6. The highest BCUT2D eigenvalue weighted by molar-refractivity contribution is 7.89. The summed E-state index contributed by atoms with van der Waals surface area (Å²) in [5.41, 5.74) is 0.860. The van der Waals surface area contributed by atoms with Gasteiger partial charge in [0.15, 0.2) is 5.13 Å². The maximum Gasteiger partial charge on any atom is 0.260 e. The van der Waals surface area contributed by atoms with E-state index in [0.717, 1.165) is 0 Å². The molecule has 4 aromatic rings. The molecule has 1 aliphatic rings. The molecule has 0 aliphatic carbocycles. The molecule has 0 bridgehead atoms. The Morgan fingerprint density at radius 2 is 1.86 bits per heavy atom. The van der Waals surface area contributed by atoms with Crippen LogP contribution in [0.5, 0.6) is 0 Å². The molecule has 0 radical (unpaired) electrons. The number of rotatable bonds is 6. The van der Waals surface area contributed by atoms with Gasteiger partial charge in [0.2, 0.25) is 10.0 Å². The van der Waals surface area contributed by atoms with Crippen molar-refractivity contribution in [3.05, 3.63) is 78.0 Å². The number of halogens is 1. The van der Waals surface area contributed by atoms with Gasteiger partial charge in [0.1, 0.15) is 11.6 Å². The number of carbonyl (C=O) groups excluding carboxylic acids is 1. The molecule has 3 heterocycles. The molecule has 8 nitrogen and oxygen atoms in total. The van der Waals surface area contributed by atoms with Crippen molar-refractivity contribution in [2.45, 2.75) is 37.5 Å². The van der Waals surface area contributed by atoms with Crippen LogP contribution in [0.25, 0.3) is 10.2 Å². The summed E-state index contributed by atoms with van der Waals surface area (Å²) in [6.45, 7) is 4.32. The Balaban J connectivity index is 1.44. The van der Waals surface area contributed by atoms with E-state index in [1.807, 2.05) is 13.8 Å². The number of benzene rings is 2. The Hall–Kier alpha value is -3.12. The summed E-state index contributed by atoms with van der Waals surface area (Å²) in [4.78, 5) is 19.6. The van der Waals surface area contributed by atoms with Crippen molar-refractivity contribution < 1.29 is 26.8 Å². The van der Waals surface area contributed by atoms with E-state index in [9.17, 15) is 17.6 Å². The van der Waals surface area contributed by atoms with Gasteiger partial charge in [-0.2, -0.15) is 4.31 Å². The maximum absolute atomic E-state index is 13.7. The van der Waals surface area contributed by atoms with Crippen molar-refractivity contribution in [3.8, 4) is 0 Å². The molecule has 2 unspecified atom stereocenters. The fourth-order valence-corrected chi connectivity index (χ4v) is 6.77. The van der Waals surface area contributed by atoms with Crippen LogP contribution in [0.4, 0.5) is 9.52 Å². The van der Waals surface area contributed by atoms with Crippen LogP contribution in [0.1, 0.15) is 30.0 Å². The van der Waals surface area contributed by atoms with Gasteiger partial charge in [0.25, 0.3) is 5.91 Å². The highest BCUT2D eigenvalue weighted by Gasteiger charge is 2.32. The molecule has 1 amide bonds. The summed E-state index contributed by atoms with van der Waals surface area (Å²) in [5, 5.41) is 0.380. The number of sulfonamides is 1. The number of morpholine rings is 1. The molecule has 0 N–H and O–H groups in total. The summed E-state index contributed by atoms with van der Waals surface area (Å²) >= 11 is 1.19. The van der Waals surface area contributed by atoms with Crippen LogP contribution in [-0.4, -0.2) is 48.9 Å². The molecule has 2 aromatic heterocycles. The van der Waals surface area contributed by atoms with Gasteiger partial charge in [-0.05, 0) is 68.4 Å². The fraction of sp³-hybridized carbons (Fsp3) is 0.280. The molecular weight excluding hydrogens is 505 g/mol. The van der Waals surface area contributed by atoms with Gasteiger partial charge in [-0.1, -0.05) is 11.3 Å². The van der Waals surface area contributed by atoms with Crippen molar-refractivity contribution in [1.82, 2.24) is 9.29 Å². The molecule has 1 aliphatic heterocycles. The zero-order chi connectivity index (χ0) is 25.4. The predicted octanol–water partition coefficient (Wildman–Crippen LogP) is 4.67. The summed E-state index contributed by atoms with van der Waals surface area (Å²) < 4.78 is 53.2. The van der Waals surface area contributed by atoms with Crippen LogP contribution in [0.3, 0.4) is 0 Å². The van der Waals surface area contributed by atoms with Gasteiger partial charge in [0, 0.05) is 18.7 Å². The molecule has 1 fully saturated rings. The Kier molecular flexibility index (Phi) is 6.64. The number of anilines is 1. The van der Waals surface area contributed by atoms with Gasteiger partial charge in [-0.15, -0.1) is 0 Å². The van der Waals surface area contributed by atoms with E-state index in [0.29, 0.717) is 21.1 Å². The van der Waals surface area contributed by atoms with Crippen molar-refractivity contribution >= 4 is 42.6 Å². The Labute approximate surface area is 212 Å². The minimum absolute atomic E-state index is 0.105. The molecule has 188 valence electrons. The van der Waals surface area contributed by atoms with Crippen LogP contribution in [0.2, 0.25) is 0 Å². The second-order valence-electron chi connectivity index (χ2n) is 8.68. The molecular formula is C25H24FN3O5S2. The molecule has 1 saturated heterocycles. The van der Waals surface area contributed by atoms with Crippen molar-refractivity contribution in [2.75, 3.05) is 18.0 Å². The van der Waals surface area contributed by atoms with Crippen molar-refractivity contribution in [1.29, 1.82) is 0 Å². The third-order valence-corrected chi connectivity index (χ3v) is 8.72. The number of amides is 1. The lowest BCUT2D eigenvalue weighted by atomic mass is 10.2. The van der Waals surface area contributed by atoms with E-state index >= 15 is 0 Å². The molecule has 5 rings (SSSR count). The molecule has 0 spiro atoms. The molecule has 11 heteroatoms. The average molecular weight is 530 g/mol. The number of carbonyl (C=O) groups is 1. The Bertz CT molecular complexity index is 1480. The van der Waals surface area contributed by atoms with Gasteiger partial charge < -0.3 is 9.15 Å². The van der Waals surface area contributed by atoms with Gasteiger partial charge in [0.05, 0.1) is 40.1 Å². The van der Waals surface area contributed by atoms with Gasteiger partial charge in [-0.3, -0.25) is 9.69 Å². The predicted molar refractivity (Wildman–Crippen MR) is 134 cm³/mol. The highest BCUT2D eigenvalue weighted by atomic mass is 32.2. The molecule has 0 saturated carbocycles. The van der Waals surface area contributed by atoms with Crippen LogP contribution < -0.4 is 4.90 Å². The minimum atomic E-state index is -3.74. The number of furan rings is 1. The molecule has 2 atom stereocenters. The van der Waals surface area contributed by atoms with E-state index in [2.05, 4.69) is 4.98 Å². The van der Waals surface area contributed by atoms with Crippen molar-refractivity contribution in [2.24, 2.45) is 0 Å². The number of nitrogens with zero attached hydrogens (tertiary/aromatic N) is 3. The first-order chi connectivity index (χ1) is 17.2. The van der Waals surface area contributed by atoms with E-state index in [1.165, 1.54) is 63.2 Å². The first kappa shape index (κ1) is 24.6. The third kappa shape index (κ3) is 4.92. The SMILES string of the molecule is CC1CN(S(=O)(=O)c2ccc(C(=O)N(Cc3ccco3)c3nc4ccc(F)cc4s3)cc2)CC(C)O1. The third-order valence-electron chi connectivity index (χ3n) is 5.83. The average Bonchev–Trinajstić information content (AvgIpc) is 3.51. The van der Waals surface area contributed by atoms with E-state index in [-0.39, 0.29) is 54.0 Å². The number of hydrogen-bond acceptors (Lipinski definition) is 7. The van der Waals surface area contributed by atoms with Crippen LogP contribution in [0.15, 0.2) is 70.2 Å². The molecule has 36 heavy (non-hydrogen) atoms. The summed E-state index contributed by atoms with van der Waals surface area (Å²) in [7, 11) is -3.74.